The Hall–Kier alpha value is -2.33. The second-order valence-electron chi connectivity index (χ2n) is 6.11. The van der Waals surface area contributed by atoms with E-state index < -0.39 is 0 Å². The minimum atomic E-state index is 0.394. The summed E-state index contributed by atoms with van der Waals surface area (Å²) in [5.41, 5.74) is 8.71. The summed E-state index contributed by atoms with van der Waals surface area (Å²) >= 11 is 3.90. The van der Waals surface area contributed by atoms with E-state index in [1.807, 2.05) is 24.3 Å². The molecule has 2 N–H and O–H groups in total. The number of methoxy groups -OCH3 is 1. The molecule has 0 fully saturated rings. The fourth-order valence-electron chi connectivity index (χ4n) is 2.89. The highest BCUT2D eigenvalue weighted by Gasteiger charge is 2.17. The average Bonchev–Trinajstić information content (AvgIpc) is 3.07. The Morgan fingerprint density at radius 3 is 2.75 bits per heavy atom. The molecule has 0 radical (unpaired) electrons. The third-order valence-corrected chi connectivity index (χ3v) is 6.69. The van der Waals surface area contributed by atoms with Crippen LogP contribution in [0.3, 0.4) is 0 Å². The van der Waals surface area contributed by atoms with Crippen molar-refractivity contribution in [3.05, 3.63) is 64.0 Å². The minimum absolute atomic E-state index is 0.394. The summed E-state index contributed by atoms with van der Waals surface area (Å²) in [4.78, 5) is 14.4. The maximum Gasteiger partial charge on any atom is 0.175 e. The topological polar surface area (TPSA) is 78.8 Å². The predicted molar refractivity (Wildman–Crippen MR) is 120 cm³/mol. The summed E-state index contributed by atoms with van der Waals surface area (Å²) in [7, 11) is 1.67. The first kappa shape index (κ1) is 19.0. The maximum atomic E-state index is 6.06. The quantitative estimate of drug-likeness (QED) is 0.393. The molecule has 0 aliphatic carbocycles. The molecule has 8 heteroatoms. The number of nitrogen functional groups attached to an aromatic ring is 1. The van der Waals surface area contributed by atoms with Gasteiger partial charge < -0.3 is 15.0 Å². The van der Waals surface area contributed by atoms with Gasteiger partial charge in [0.2, 0.25) is 0 Å². The molecular formula is C20H18IN5OS. The van der Waals surface area contributed by atoms with Crippen LogP contribution in [0.2, 0.25) is 0 Å². The van der Waals surface area contributed by atoms with Crippen molar-refractivity contribution in [3.63, 3.8) is 0 Å². The van der Waals surface area contributed by atoms with Gasteiger partial charge >= 0.3 is 0 Å². The zero-order valence-electron chi connectivity index (χ0n) is 15.2. The van der Waals surface area contributed by atoms with Gasteiger partial charge in [0.05, 0.1) is 7.11 Å². The van der Waals surface area contributed by atoms with Crippen LogP contribution >= 0.6 is 34.4 Å². The average molecular weight is 503 g/mol. The van der Waals surface area contributed by atoms with Crippen LogP contribution in [0.25, 0.3) is 11.2 Å². The van der Waals surface area contributed by atoms with Crippen molar-refractivity contribution in [2.75, 3.05) is 12.8 Å². The molecule has 0 saturated heterocycles. The number of aromatic nitrogens is 4. The lowest BCUT2D eigenvalue weighted by Crippen LogP contribution is -2.04. The number of ether oxygens (including phenoxy) is 1. The first-order valence-corrected chi connectivity index (χ1v) is 10.6. The second-order valence-corrected chi connectivity index (χ2v) is 8.28. The molecule has 28 heavy (non-hydrogen) atoms. The van der Waals surface area contributed by atoms with E-state index >= 15 is 0 Å². The van der Waals surface area contributed by atoms with Gasteiger partial charge in [0.25, 0.3) is 0 Å². The fraction of sp³-hybridized carbons (Fsp3) is 0.150. The lowest BCUT2D eigenvalue weighted by Gasteiger charge is -2.10. The molecular weight excluding hydrogens is 485 g/mol. The van der Waals surface area contributed by atoms with Crippen molar-refractivity contribution in [2.45, 2.75) is 23.0 Å². The Balaban J connectivity index is 1.73. The van der Waals surface area contributed by atoms with E-state index in [0.29, 0.717) is 11.3 Å². The molecule has 0 bridgehead atoms. The fourth-order valence-corrected chi connectivity index (χ4v) is 4.51. The maximum absolute atomic E-state index is 6.06. The monoisotopic (exact) mass is 503 g/mol. The van der Waals surface area contributed by atoms with Gasteiger partial charge in [-0.3, -0.25) is 0 Å². The van der Waals surface area contributed by atoms with E-state index in [4.69, 9.17) is 15.5 Å². The molecule has 142 valence electrons. The number of halogens is 1. The van der Waals surface area contributed by atoms with Gasteiger partial charge in [0.15, 0.2) is 22.1 Å². The Morgan fingerprint density at radius 2 is 1.96 bits per heavy atom. The summed E-state index contributed by atoms with van der Waals surface area (Å²) in [5, 5.41) is 0.837. The van der Waals surface area contributed by atoms with E-state index in [2.05, 4.69) is 61.4 Å². The highest BCUT2D eigenvalue weighted by atomic mass is 127. The van der Waals surface area contributed by atoms with Crippen molar-refractivity contribution in [1.29, 1.82) is 0 Å². The number of imidazole rings is 1. The number of hydrogen-bond donors (Lipinski definition) is 1. The molecule has 0 aliphatic heterocycles. The third-order valence-electron chi connectivity index (χ3n) is 4.33. The third kappa shape index (κ3) is 3.93. The summed E-state index contributed by atoms with van der Waals surface area (Å²) in [6.45, 7) is 0.750. The van der Waals surface area contributed by atoms with Gasteiger partial charge in [-0.2, -0.15) is 0 Å². The number of nitrogens with zero attached hydrogens (tertiary/aromatic N) is 4. The van der Waals surface area contributed by atoms with Gasteiger partial charge in [0, 0.05) is 15.0 Å². The summed E-state index contributed by atoms with van der Waals surface area (Å²) in [6, 6.07) is 16.4. The molecule has 2 aromatic carbocycles. The Kier molecular flexibility index (Phi) is 5.67. The largest absolute Gasteiger partial charge is 0.497 e. The number of aryl methyl sites for hydroxylation is 2. The van der Waals surface area contributed by atoms with Crippen molar-refractivity contribution in [1.82, 2.24) is 19.5 Å². The van der Waals surface area contributed by atoms with Crippen LogP contribution in [0.4, 0.5) is 5.82 Å². The van der Waals surface area contributed by atoms with Crippen LogP contribution in [-0.4, -0.2) is 26.6 Å². The van der Waals surface area contributed by atoms with Crippen LogP contribution in [0.1, 0.15) is 5.56 Å². The zero-order valence-corrected chi connectivity index (χ0v) is 18.1. The number of anilines is 1. The van der Waals surface area contributed by atoms with Gasteiger partial charge in [-0.1, -0.05) is 42.1 Å². The van der Waals surface area contributed by atoms with Crippen molar-refractivity contribution >= 4 is 51.3 Å². The molecule has 0 amide bonds. The number of benzene rings is 2. The summed E-state index contributed by atoms with van der Waals surface area (Å²) in [6.07, 6.45) is 2.36. The Labute approximate surface area is 180 Å². The van der Waals surface area contributed by atoms with E-state index in [0.717, 1.165) is 38.0 Å². The van der Waals surface area contributed by atoms with Crippen LogP contribution in [-0.2, 0) is 13.0 Å². The highest BCUT2D eigenvalue weighted by Crippen LogP contribution is 2.35. The van der Waals surface area contributed by atoms with Crippen molar-refractivity contribution in [2.24, 2.45) is 0 Å². The summed E-state index contributed by atoms with van der Waals surface area (Å²) < 4.78 is 8.62. The molecule has 0 spiro atoms. The van der Waals surface area contributed by atoms with Crippen LogP contribution < -0.4 is 10.5 Å². The van der Waals surface area contributed by atoms with E-state index in [-0.39, 0.29) is 0 Å². The van der Waals surface area contributed by atoms with E-state index in [1.165, 1.54) is 11.9 Å². The number of fused-ring (bicyclic) bond motifs is 1. The van der Waals surface area contributed by atoms with Gasteiger partial charge in [-0.05, 0) is 52.8 Å². The molecule has 0 atom stereocenters. The lowest BCUT2D eigenvalue weighted by atomic mass is 10.1. The van der Waals surface area contributed by atoms with Crippen LogP contribution in [0.5, 0.6) is 5.75 Å². The first-order valence-electron chi connectivity index (χ1n) is 8.67. The molecule has 4 rings (SSSR count). The van der Waals surface area contributed by atoms with Crippen molar-refractivity contribution in [3.8, 4) is 5.75 Å². The highest BCUT2D eigenvalue weighted by molar-refractivity contribution is 14.1. The van der Waals surface area contributed by atoms with E-state index in [9.17, 15) is 0 Å². The predicted octanol–water partition coefficient (Wildman–Crippen LogP) is 4.42. The zero-order chi connectivity index (χ0) is 19.5. The van der Waals surface area contributed by atoms with Gasteiger partial charge in [0.1, 0.15) is 12.1 Å². The second kappa shape index (κ2) is 8.36. The molecule has 0 unspecified atom stereocenters. The molecule has 0 aliphatic rings. The van der Waals surface area contributed by atoms with Crippen molar-refractivity contribution < 1.29 is 4.74 Å². The number of rotatable bonds is 6. The van der Waals surface area contributed by atoms with Gasteiger partial charge in [-0.25, -0.2) is 15.0 Å². The standard InChI is InChI=1S/C20H18IN5OS/c1-27-14-7-8-15(21)16(11-14)28-20-25-17-18(22)23-12-24-19(17)26(20)10-9-13-5-3-2-4-6-13/h2-8,11-12H,9-10H2,1H3,(H2,22,23,24). The SMILES string of the molecule is COc1ccc(I)c(Sc2nc3c(N)ncnc3n2CCc2ccccc2)c1. The Bertz CT molecular complexity index is 1120. The summed E-state index contributed by atoms with van der Waals surface area (Å²) in [5.74, 6) is 1.21. The van der Waals surface area contributed by atoms with Gasteiger partial charge in [-0.15, -0.1) is 0 Å². The first-order chi connectivity index (χ1) is 13.7. The van der Waals surface area contributed by atoms with Crippen LogP contribution in [0, 0.1) is 3.57 Å². The Morgan fingerprint density at radius 1 is 1.14 bits per heavy atom. The molecule has 2 aromatic heterocycles. The normalized spacial score (nSPS) is 11.1. The number of hydrogen-bond acceptors (Lipinski definition) is 6. The molecule has 0 saturated carbocycles. The smallest absolute Gasteiger partial charge is 0.175 e. The minimum Gasteiger partial charge on any atom is -0.497 e. The molecule has 2 heterocycles. The van der Waals surface area contributed by atoms with Crippen LogP contribution in [0.15, 0.2) is 64.9 Å². The lowest BCUT2D eigenvalue weighted by molar-refractivity contribution is 0.413. The molecule has 6 nitrogen and oxygen atoms in total. The molecule has 4 aromatic rings. The van der Waals surface area contributed by atoms with E-state index in [1.54, 1.807) is 18.9 Å². The number of nitrogens with two attached hydrogens (primary N) is 1.